The monoisotopic (exact) mass is 262 g/mol. The number of carboxylic acids is 1. The smallest absolute Gasteiger partial charge is 0.405 e. The second-order valence-electron chi connectivity index (χ2n) is 3.73. The fourth-order valence-electron chi connectivity index (χ4n) is 1.59. The minimum Gasteiger partial charge on any atom is -0.478 e. The molecule has 0 saturated carbocycles. The van der Waals surface area contributed by atoms with Gasteiger partial charge in [0, 0.05) is 12.7 Å². The topological polar surface area (TPSA) is 53.4 Å². The lowest BCUT2D eigenvalue weighted by Crippen LogP contribution is -2.35. The normalized spacial score (nSPS) is 11.3. The van der Waals surface area contributed by atoms with Gasteiger partial charge in [-0.1, -0.05) is 6.92 Å². The summed E-state index contributed by atoms with van der Waals surface area (Å²) in [6.45, 7) is 0.651. The molecule has 7 heteroatoms. The summed E-state index contributed by atoms with van der Waals surface area (Å²) in [5, 5.41) is 8.95. The number of alkyl halides is 3. The fourth-order valence-corrected chi connectivity index (χ4v) is 1.59. The van der Waals surface area contributed by atoms with Crippen molar-refractivity contribution in [2.45, 2.75) is 19.5 Å². The number of carboxylic acid groups (broad SMARTS) is 1. The fraction of sp³-hybridized carbons (Fsp3) is 0.455. The number of aromatic carboxylic acids is 1. The summed E-state index contributed by atoms with van der Waals surface area (Å²) in [5.41, 5.74) is -0.188. The molecule has 0 amide bonds. The summed E-state index contributed by atoms with van der Waals surface area (Å²) >= 11 is 0. The van der Waals surface area contributed by atoms with Crippen LogP contribution < -0.4 is 4.90 Å². The third-order valence-corrected chi connectivity index (χ3v) is 2.23. The molecular formula is C11H13F3N2O2. The average Bonchev–Trinajstić information content (AvgIpc) is 2.26. The molecule has 0 saturated heterocycles. The molecule has 0 aliphatic carbocycles. The van der Waals surface area contributed by atoms with Gasteiger partial charge >= 0.3 is 12.1 Å². The van der Waals surface area contributed by atoms with Gasteiger partial charge < -0.3 is 10.0 Å². The number of hydrogen-bond donors (Lipinski definition) is 1. The van der Waals surface area contributed by atoms with Crippen LogP contribution in [-0.2, 0) is 0 Å². The maximum absolute atomic E-state index is 12.4. The van der Waals surface area contributed by atoms with E-state index in [0.717, 1.165) is 11.1 Å². The van der Waals surface area contributed by atoms with Crippen LogP contribution in [0.5, 0.6) is 0 Å². The summed E-state index contributed by atoms with van der Waals surface area (Å²) < 4.78 is 37.3. The maximum Gasteiger partial charge on any atom is 0.405 e. The third kappa shape index (κ3) is 3.90. The van der Waals surface area contributed by atoms with Crippen molar-refractivity contribution in [3.8, 4) is 0 Å². The summed E-state index contributed by atoms with van der Waals surface area (Å²) in [7, 11) is 0. The number of pyridine rings is 1. The molecule has 4 nitrogen and oxygen atoms in total. The quantitative estimate of drug-likeness (QED) is 0.886. The molecule has 0 aliphatic heterocycles. The highest BCUT2D eigenvalue weighted by Crippen LogP contribution is 2.24. The number of nitrogens with zero attached hydrogens (tertiary/aromatic N) is 2. The molecule has 0 unspecified atom stereocenters. The molecule has 0 aromatic carbocycles. The molecule has 1 aromatic heterocycles. The lowest BCUT2D eigenvalue weighted by molar-refractivity contribution is -0.119. The zero-order valence-electron chi connectivity index (χ0n) is 9.74. The molecule has 0 atom stereocenters. The Kier molecular flexibility index (Phi) is 4.52. The van der Waals surface area contributed by atoms with Gasteiger partial charge in [0.25, 0.3) is 0 Å². The minimum absolute atomic E-state index is 0.0100. The maximum atomic E-state index is 12.4. The molecule has 1 heterocycles. The molecule has 0 fully saturated rings. The molecule has 0 spiro atoms. The Morgan fingerprint density at radius 3 is 2.67 bits per heavy atom. The summed E-state index contributed by atoms with van der Waals surface area (Å²) in [5.74, 6) is -1.27. The zero-order chi connectivity index (χ0) is 13.8. The standard InChI is InChI=1S/C11H13F3N2O2/c1-2-5-16(7-11(12,13)14)9-6-15-4-3-8(9)10(17)18/h3-4,6H,2,5,7H2,1H3,(H,17,18). The Bertz CT molecular complexity index is 421. The van der Waals surface area contributed by atoms with E-state index in [2.05, 4.69) is 4.98 Å². The van der Waals surface area contributed by atoms with Crippen LogP contribution >= 0.6 is 0 Å². The van der Waals surface area contributed by atoms with Gasteiger partial charge in [-0.05, 0) is 12.5 Å². The SMILES string of the molecule is CCCN(CC(F)(F)F)c1cnccc1C(=O)O. The van der Waals surface area contributed by atoms with E-state index in [1.165, 1.54) is 12.3 Å². The van der Waals surface area contributed by atoms with Crippen molar-refractivity contribution in [2.75, 3.05) is 18.0 Å². The van der Waals surface area contributed by atoms with Gasteiger partial charge in [-0.2, -0.15) is 13.2 Å². The lowest BCUT2D eigenvalue weighted by atomic mass is 10.2. The van der Waals surface area contributed by atoms with Crippen LogP contribution in [0.3, 0.4) is 0 Å². The van der Waals surface area contributed by atoms with Crippen molar-refractivity contribution in [3.63, 3.8) is 0 Å². The van der Waals surface area contributed by atoms with Crippen molar-refractivity contribution < 1.29 is 23.1 Å². The van der Waals surface area contributed by atoms with Gasteiger partial charge in [0.05, 0.1) is 17.4 Å². The van der Waals surface area contributed by atoms with E-state index in [0.29, 0.717) is 6.42 Å². The van der Waals surface area contributed by atoms with Gasteiger partial charge in [-0.25, -0.2) is 4.79 Å². The Hall–Kier alpha value is -1.79. The van der Waals surface area contributed by atoms with Gasteiger partial charge in [0.15, 0.2) is 0 Å². The second-order valence-corrected chi connectivity index (χ2v) is 3.73. The average molecular weight is 262 g/mol. The van der Waals surface area contributed by atoms with Gasteiger partial charge in [0.2, 0.25) is 0 Å². The van der Waals surface area contributed by atoms with E-state index >= 15 is 0 Å². The highest BCUT2D eigenvalue weighted by molar-refractivity contribution is 5.94. The number of anilines is 1. The van der Waals surface area contributed by atoms with Crippen LogP contribution in [0.2, 0.25) is 0 Å². The van der Waals surface area contributed by atoms with Crippen molar-refractivity contribution >= 4 is 11.7 Å². The predicted octanol–water partition coefficient (Wildman–Crippen LogP) is 2.56. The van der Waals surface area contributed by atoms with E-state index < -0.39 is 18.7 Å². The van der Waals surface area contributed by atoms with Gasteiger partial charge in [-0.3, -0.25) is 4.98 Å². The van der Waals surface area contributed by atoms with Crippen LogP contribution in [0.4, 0.5) is 18.9 Å². The zero-order valence-corrected chi connectivity index (χ0v) is 9.74. The molecule has 100 valence electrons. The van der Waals surface area contributed by atoms with Crippen molar-refractivity contribution in [2.24, 2.45) is 0 Å². The summed E-state index contributed by atoms with van der Waals surface area (Å²) in [6, 6.07) is 1.19. The Morgan fingerprint density at radius 1 is 1.50 bits per heavy atom. The number of aromatic nitrogens is 1. The molecule has 1 N–H and O–H groups in total. The Labute approximate surface area is 102 Å². The Balaban J connectivity index is 3.09. The first-order valence-electron chi connectivity index (χ1n) is 5.34. The predicted molar refractivity (Wildman–Crippen MR) is 59.8 cm³/mol. The summed E-state index contributed by atoms with van der Waals surface area (Å²) in [4.78, 5) is 15.6. The molecule has 18 heavy (non-hydrogen) atoms. The van der Waals surface area contributed by atoms with E-state index in [4.69, 9.17) is 5.11 Å². The van der Waals surface area contributed by atoms with Crippen LogP contribution in [0.1, 0.15) is 23.7 Å². The first-order valence-corrected chi connectivity index (χ1v) is 5.34. The van der Waals surface area contributed by atoms with Crippen LogP contribution in [0.25, 0.3) is 0 Å². The molecule has 0 bridgehead atoms. The highest BCUT2D eigenvalue weighted by Gasteiger charge is 2.32. The van der Waals surface area contributed by atoms with Crippen LogP contribution in [-0.4, -0.2) is 35.3 Å². The largest absolute Gasteiger partial charge is 0.478 e. The first kappa shape index (κ1) is 14.3. The first-order chi connectivity index (χ1) is 8.35. The lowest BCUT2D eigenvalue weighted by Gasteiger charge is -2.26. The molecule has 0 aliphatic rings. The second kappa shape index (κ2) is 5.70. The number of halogens is 3. The molecule has 1 rings (SSSR count). The minimum atomic E-state index is -4.39. The number of hydrogen-bond acceptors (Lipinski definition) is 3. The van der Waals surface area contributed by atoms with Crippen molar-refractivity contribution in [3.05, 3.63) is 24.0 Å². The van der Waals surface area contributed by atoms with E-state index in [1.807, 2.05) is 0 Å². The van der Waals surface area contributed by atoms with E-state index in [1.54, 1.807) is 6.92 Å². The van der Waals surface area contributed by atoms with Crippen LogP contribution in [0, 0.1) is 0 Å². The van der Waals surface area contributed by atoms with E-state index in [-0.39, 0.29) is 17.8 Å². The molecular weight excluding hydrogens is 249 g/mol. The number of rotatable bonds is 5. The van der Waals surface area contributed by atoms with Crippen molar-refractivity contribution in [1.82, 2.24) is 4.98 Å². The van der Waals surface area contributed by atoms with Crippen molar-refractivity contribution in [1.29, 1.82) is 0 Å². The molecule has 0 radical (unpaired) electrons. The Morgan fingerprint density at radius 2 is 2.17 bits per heavy atom. The summed E-state index contributed by atoms with van der Waals surface area (Å²) in [6.07, 6.45) is -1.53. The molecule has 1 aromatic rings. The highest BCUT2D eigenvalue weighted by atomic mass is 19.4. The van der Waals surface area contributed by atoms with Gasteiger partial charge in [-0.15, -0.1) is 0 Å². The van der Waals surface area contributed by atoms with E-state index in [9.17, 15) is 18.0 Å². The van der Waals surface area contributed by atoms with Crippen LogP contribution in [0.15, 0.2) is 18.5 Å². The third-order valence-electron chi connectivity index (χ3n) is 2.23. The van der Waals surface area contributed by atoms with Gasteiger partial charge in [0.1, 0.15) is 6.54 Å². The number of carbonyl (C=O) groups is 1.